The molecule has 0 aliphatic carbocycles. The van der Waals surface area contributed by atoms with Gasteiger partial charge in [0.2, 0.25) is 5.82 Å². The minimum Gasteiger partial charge on any atom is -0.506 e. The number of rotatable bonds is 1. The summed E-state index contributed by atoms with van der Waals surface area (Å²) in [6, 6.07) is 3.08. The van der Waals surface area contributed by atoms with Crippen LogP contribution in [0.1, 0.15) is 10.6 Å². The van der Waals surface area contributed by atoms with E-state index < -0.39 is 0 Å². The Labute approximate surface area is 86.5 Å². The van der Waals surface area contributed by atoms with Crippen molar-refractivity contribution in [1.82, 2.24) is 14.6 Å². The summed E-state index contributed by atoms with van der Waals surface area (Å²) in [6.45, 7) is 0. The number of hydrogen-bond acceptors (Lipinski definition) is 4. The second kappa shape index (κ2) is 2.95. The number of carbonyl (C=O) groups excluding carboxylic acids is 1. The summed E-state index contributed by atoms with van der Waals surface area (Å²) in [5, 5.41) is 13.0. The first kappa shape index (κ1) is 8.42. The molecule has 0 spiro atoms. The van der Waals surface area contributed by atoms with E-state index in [4.69, 9.17) is 5.11 Å². The van der Waals surface area contributed by atoms with Gasteiger partial charge in [0, 0.05) is 22.6 Å². The molecule has 0 radical (unpaired) electrons. The van der Waals surface area contributed by atoms with Crippen LogP contribution in [0.15, 0.2) is 18.3 Å². The molecule has 2 rings (SSSR count). The van der Waals surface area contributed by atoms with Gasteiger partial charge in [-0.3, -0.25) is 4.79 Å². The van der Waals surface area contributed by atoms with Crippen LogP contribution in [0.5, 0.6) is 5.75 Å². The fourth-order valence-corrected chi connectivity index (χ4v) is 1.18. The maximum atomic E-state index is 10.9. The third kappa shape index (κ3) is 1.48. The molecule has 0 unspecified atom stereocenters. The van der Waals surface area contributed by atoms with Crippen molar-refractivity contribution in [3.63, 3.8) is 0 Å². The van der Waals surface area contributed by atoms with E-state index in [1.54, 1.807) is 28.7 Å². The Bertz CT molecular complexity index is 480. The second-order valence-corrected chi connectivity index (χ2v) is 3.38. The van der Waals surface area contributed by atoms with Crippen molar-refractivity contribution in [1.29, 1.82) is 0 Å². The molecule has 66 valence electrons. The summed E-state index contributed by atoms with van der Waals surface area (Å²) < 4.78 is 1.14. The molecule has 0 aliphatic heterocycles. The zero-order chi connectivity index (χ0) is 9.42. The maximum absolute atomic E-state index is 10.9. The van der Waals surface area contributed by atoms with Gasteiger partial charge in [-0.2, -0.15) is 0 Å². The lowest BCUT2D eigenvalue weighted by Gasteiger charge is -1.90. The maximum Gasteiger partial charge on any atom is 0.261 e. The quantitative estimate of drug-likeness (QED) is 0.628. The Morgan fingerprint density at radius 2 is 2.31 bits per heavy atom. The molecular formula is C7H4IN3O2. The molecule has 0 aliphatic rings. The van der Waals surface area contributed by atoms with Gasteiger partial charge in [0.15, 0.2) is 5.65 Å². The molecule has 0 saturated heterocycles. The molecule has 2 aromatic rings. The van der Waals surface area contributed by atoms with Crippen LogP contribution in [0.3, 0.4) is 0 Å². The van der Waals surface area contributed by atoms with Gasteiger partial charge in [0.25, 0.3) is 3.79 Å². The first-order valence-electron chi connectivity index (χ1n) is 3.42. The Morgan fingerprint density at radius 3 is 3.00 bits per heavy atom. The highest BCUT2D eigenvalue weighted by atomic mass is 127. The molecule has 2 aromatic heterocycles. The smallest absolute Gasteiger partial charge is 0.261 e. The Kier molecular flexibility index (Phi) is 1.91. The third-order valence-corrected chi connectivity index (χ3v) is 1.97. The largest absolute Gasteiger partial charge is 0.506 e. The van der Waals surface area contributed by atoms with Gasteiger partial charge < -0.3 is 5.11 Å². The SMILES string of the molecule is O=C(I)c1nc2ccc(O)cn2n1. The molecule has 13 heavy (non-hydrogen) atoms. The van der Waals surface area contributed by atoms with E-state index in [9.17, 15) is 4.79 Å². The fourth-order valence-electron chi connectivity index (χ4n) is 0.956. The van der Waals surface area contributed by atoms with Crippen LogP contribution >= 0.6 is 22.6 Å². The number of halogens is 1. The van der Waals surface area contributed by atoms with E-state index in [1.165, 1.54) is 16.8 Å². The zero-order valence-electron chi connectivity index (χ0n) is 6.31. The van der Waals surface area contributed by atoms with Crippen LogP contribution in [0.25, 0.3) is 5.65 Å². The van der Waals surface area contributed by atoms with E-state index in [-0.39, 0.29) is 15.4 Å². The Balaban J connectivity index is 2.68. The van der Waals surface area contributed by atoms with Gasteiger partial charge in [-0.15, -0.1) is 5.10 Å². The van der Waals surface area contributed by atoms with Crippen LogP contribution in [0.2, 0.25) is 0 Å². The average molecular weight is 289 g/mol. The van der Waals surface area contributed by atoms with Crippen molar-refractivity contribution in [3.05, 3.63) is 24.2 Å². The summed E-state index contributed by atoms with van der Waals surface area (Å²) in [5.74, 6) is 0.232. The van der Waals surface area contributed by atoms with E-state index in [1.807, 2.05) is 0 Å². The van der Waals surface area contributed by atoms with Gasteiger partial charge in [-0.1, -0.05) is 0 Å². The lowest BCUT2D eigenvalue weighted by Crippen LogP contribution is -1.91. The van der Waals surface area contributed by atoms with Crippen LogP contribution in [0, 0.1) is 0 Å². The first-order valence-corrected chi connectivity index (χ1v) is 4.50. The average Bonchev–Trinajstić information content (AvgIpc) is 2.46. The van der Waals surface area contributed by atoms with Crippen LogP contribution in [0.4, 0.5) is 0 Å². The monoisotopic (exact) mass is 289 g/mol. The Morgan fingerprint density at radius 1 is 1.54 bits per heavy atom. The van der Waals surface area contributed by atoms with E-state index in [0.717, 1.165) is 0 Å². The summed E-state index contributed by atoms with van der Waals surface area (Å²) >= 11 is 1.61. The van der Waals surface area contributed by atoms with Crippen LogP contribution < -0.4 is 0 Å². The molecule has 2 heterocycles. The van der Waals surface area contributed by atoms with E-state index in [0.29, 0.717) is 5.65 Å². The minimum absolute atomic E-state index is 0.0878. The molecule has 0 fully saturated rings. The molecule has 1 N–H and O–H groups in total. The summed E-state index contributed by atoms with van der Waals surface area (Å²) in [4.78, 5) is 14.8. The standard InChI is InChI=1S/C7H4IN3O2/c8-6(13)7-9-5-2-1-4(12)3-11(5)10-7/h1-3,12H. The summed E-state index contributed by atoms with van der Waals surface area (Å²) in [7, 11) is 0. The highest BCUT2D eigenvalue weighted by molar-refractivity contribution is 14.1. The molecule has 0 atom stereocenters. The lowest BCUT2D eigenvalue weighted by atomic mass is 10.4. The lowest BCUT2D eigenvalue weighted by molar-refractivity contribution is 0.109. The molecule has 0 bridgehead atoms. The second-order valence-electron chi connectivity index (χ2n) is 2.40. The minimum atomic E-state index is -0.221. The van der Waals surface area contributed by atoms with Crippen molar-refractivity contribution < 1.29 is 9.90 Å². The number of hydrogen-bond donors (Lipinski definition) is 1. The van der Waals surface area contributed by atoms with Crippen molar-refractivity contribution >= 4 is 32.0 Å². The van der Waals surface area contributed by atoms with E-state index in [2.05, 4.69) is 10.1 Å². The van der Waals surface area contributed by atoms with Gasteiger partial charge >= 0.3 is 0 Å². The zero-order valence-corrected chi connectivity index (χ0v) is 8.46. The predicted octanol–water partition coefficient (Wildman–Crippen LogP) is 1.01. The van der Waals surface area contributed by atoms with Gasteiger partial charge in [-0.25, -0.2) is 9.50 Å². The highest BCUT2D eigenvalue weighted by Gasteiger charge is 2.08. The van der Waals surface area contributed by atoms with Crippen LogP contribution in [-0.4, -0.2) is 23.5 Å². The number of carbonyl (C=O) groups is 1. The summed E-state index contributed by atoms with van der Waals surface area (Å²) in [6.07, 6.45) is 1.39. The fraction of sp³-hybridized carbons (Fsp3) is 0. The molecule has 0 saturated carbocycles. The number of aromatic hydroxyl groups is 1. The topological polar surface area (TPSA) is 67.5 Å². The van der Waals surface area contributed by atoms with Gasteiger partial charge in [-0.05, 0) is 12.1 Å². The first-order chi connectivity index (χ1) is 6.16. The molecule has 6 heteroatoms. The predicted molar refractivity (Wildman–Crippen MR) is 53.0 cm³/mol. The summed E-state index contributed by atoms with van der Waals surface area (Å²) in [5.41, 5.74) is 0.540. The normalized spacial score (nSPS) is 10.5. The molecule has 0 amide bonds. The third-order valence-electron chi connectivity index (χ3n) is 1.49. The Hall–Kier alpha value is -1.18. The number of pyridine rings is 1. The van der Waals surface area contributed by atoms with Crippen LogP contribution in [-0.2, 0) is 0 Å². The van der Waals surface area contributed by atoms with Crippen molar-refractivity contribution in [2.24, 2.45) is 0 Å². The number of aromatic nitrogens is 3. The van der Waals surface area contributed by atoms with E-state index >= 15 is 0 Å². The van der Waals surface area contributed by atoms with Crippen molar-refractivity contribution in [2.45, 2.75) is 0 Å². The van der Waals surface area contributed by atoms with Gasteiger partial charge in [0.1, 0.15) is 5.75 Å². The molecule has 5 nitrogen and oxygen atoms in total. The highest BCUT2D eigenvalue weighted by Crippen LogP contribution is 2.10. The van der Waals surface area contributed by atoms with Gasteiger partial charge in [0.05, 0.1) is 6.20 Å². The van der Waals surface area contributed by atoms with Crippen molar-refractivity contribution in [2.75, 3.05) is 0 Å². The number of nitrogens with zero attached hydrogens (tertiary/aromatic N) is 3. The van der Waals surface area contributed by atoms with Crippen molar-refractivity contribution in [3.8, 4) is 5.75 Å². The molecule has 0 aromatic carbocycles. The number of fused-ring (bicyclic) bond motifs is 1. The molecular weight excluding hydrogens is 285 g/mol.